The highest BCUT2D eigenvalue weighted by atomic mass is 14.2. The Kier molecular flexibility index (Phi) is 25.1. The Bertz CT molecular complexity index is 1200. The minimum absolute atomic E-state index is 0.397. The highest BCUT2D eigenvalue weighted by Gasteiger charge is 2.20. The lowest BCUT2D eigenvalue weighted by atomic mass is 9.80. The summed E-state index contributed by atoms with van der Waals surface area (Å²) in [7, 11) is 0. The SMILES string of the molecule is CCCCCCCCCCCCCCCCc1ccc(C2C=CC(C3C=CC(c4ccc(CCCCCCCCCCCCCCCC)cc4)C=C3)C=C2)cc1. The van der Waals surface area contributed by atoms with Crippen molar-refractivity contribution in [2.24, 2.45) is 11.8 Å². The lowest BCUT2D eigenvalue weighted by Crippen LogP contribution is -2.12. The zero-order valence-electron chi connectivity index (χ0n) is 36.8. The molecule has 0 spiro atoms. The van der Waals surface area contributed by atoms with Crippen molar-refractivity contribution in [1.29, 1.82) is 0 Å². The quantitative estimate of drug-likeness (QED) is 0.0502. The Morgan fingerprint density at radius 3 is 0.750 bits per heavy atom. The molecular weight excluding hydrogens is 673 g/mol. The minimum atomic E-state index is 0.397. The van der Waals surface area contributed by atoms with Gasteiger partial charge in [0.25, 0.3) is 0 Å². The van der Waals surface area contributed by atoms with Gasteiger partial charge in [0.15, 0.2) is 0 Å². The van der Waals surface area contributed by atoms with Gasteiger partial charge in [0.1, 0.15) is 0 Å². The first kappa shape index (κ1) is 46.1. The molecule has 0 fully saturated rings. The molecule has 0 nitrogen and oxygen atoms in total. The van der Waals surface area contributed by atoms with Crippen LogP contribution < -0.4 is 0 Å². The van der Waals surface area contributed by atoms with Crippen LogP contribution in [0.2, 0.25) is 0 Å². The molecule has 2 aromatic carbocycles. The Labute approximate surface area is 348 Å². The molecule has 0 aromatic heterocycles. The molecule has 0 atom stereocenters. The standard InChI is InChI=1S/C56H86/c1-3-5-7-9-11-13-15-17-19-21-23-25-27-29-31-49-33-37-51(38-34-49)53-41-45-55(46-42-53)56-47-43-54(44-48-56)52-39-35-50(36-40-52)32-30-28-26-24-22-20-18-16-14-12-10-8-6-4-2/h33-48,53-56H,3-32H2,1-2H3. The number of benzene rings is 2. The van der Waals surface area contributed by atoms with E-state index in [4.69, 9.17) is 0 Å². The zero-order valence-corrected chi connectivity index (χ0v) is 36.8. The molecule has 56 heavy (non-hydrogen) atoms. The number of aryl methyl sites for hydroxylation is 2. The average Bonchev–Trinajstić information content (AvgIpc) is 3.24. The third kappa shape index (κ3) is 19.7. The predicted molar refractivity (Wildman–Crippen MR) is 250 cm³/mol. The monoisotopic (exact) mass is 759 g/mol. The molecule has 0 unspecified atom stereocenters. The van der Waals surface area contributed by atoms with Crippen molar-refractivity contribution in [2.75, 3.05) is 0 Å². The van der Waals surface area contributed by atoms with Crippen molar-refractivity contribution >= 4 is 0 Å². The number of hydrogen-bond donors (Lipinski definition) is 0. The van der Waals surface area contributed by atoms with Crippen LogP contribution in [0, 0.1) is 11.8 Å². The van der Waals surface area contributed by atoms with Gasteiger partial charge in [0, 0.05) is 23.7 Å². The van der Waals surface area contributed by atoms with Crippen LogP contribution in [0.25, 0.3) is 0 Å². The van der Waals surface area contributed by atoms with Crippen LogP contribution in [-0.2, 0) is 12.8 Å². The van der Waals surface area contributed by atoms with Crippen LogP contribution in [-0.4, -0.2) is 0 Å². The van der Waals surface area contributed by atoms with Gasteiger partial charge in [-0.1, -0.05) is 278 Å². The molecule has 4 rings (SSSR count). The zero-order chi connectivity index (χ0) is 39.1. The fourth-order valence-corrected chi connectivity index (χ4v) is 9.07. The summed E-state index contributed by atoms with van der Waals surface area (Å²) in [5.74, 6) is 1.70. The van der Waals surface area contributed by atoms with Crippen LogP contribution in [0.15, 0.2) is 97.1 Å². The number of hydrogen-bond acceptors (Lipinski definition) is 0. The molecule has 0 heterocycles. The fourth-order valence-electron chi connectivity index (χ4n) is 9.07. The van der Waals surface area contributed by atoms with Crippen molar-refractivity contribution in [3.8, 4) is 0 Å². The first-order chi connectivity index (χ1) is 27.8. The molecule has 0 bridgehead atoms. The Morgan fingerprint density at radius 2 is 0.500 bits per heavy atom. The highest BCUT2D eigenvalue weighted by Crippen LogP contribution is 2.33. The van der Waals surface area contributed by atoms with Gasteiger partial charge in [0.05, 0.1) is 0 Å². The highest BCUT2D eigenvalue weighted by molar-refractivity contribution is 5.38. The molecule has 0 saturated heterocycles. The number of unbranched alkanes of at least 4 members (excludes halogenated alkanes) is 26. The Balaban J connectivity index is 1.01. The summed E-state index contributed by atoms with van der Waals surface area (Å²) in [5.41, 5.74) is 5.84. The number of allylic oxidation sites excluding steroid dienone is 8. The van der Waals surface area contributed by atoms with Gasteiger partial charge in [-0.2, -0.15) is 0 Å². The van der Waals surface area contributed by atoms with Crippen LogP contribution in [0.5, 0.6) is 0 Å². The summed E-state index contributed by atoms with van der Waals surface area (Å²) >= 11 is 0. The van der Waals surface area contributed by atoms with Crippen molar-refractivity contribution in [3.05, 3.63) is 119 Å². The molecule has 0 amide bonds. The van der Waals surface area contributed by atoms with Crippen LogP contribution in [0.1, 0.15) is 228 Å². The van der Waals surface area contributed by atoms with E-state index in [1.807, 2.05) is 0 Å². The molecule has 0 heteroatoms. The molecule has 0 aliphatic heterocycles. The summed E-state index contributed by atoms with van der Waals surface area (Å²) < 4.78 is 0. The van der Waals surface area contributed by atoms with Gasteiger partial charge in [-0.3, -0.25) is 0 Å². The van der Waals surface area contributed by atoms with E-state index in [0.29, 0.717) is 23.7 Å². The smallest absolute Gasteiger partial charge is 0.0199 e. The topological polar surface area (TPSA) is 0 Å². The van der Waals surface area contributed by atoms with E-state index in [1.165, 1.54) is 215 Å². The maximum Gasteiger partial charge on any atom is 0.0199 e. The molecule has 0 saturated carbocycles. The van der Waals surface area contributed by atoms with Crippen molar-refractivity contribution in [3.63, 3.8) is 0 Å². The van der Waals surface area contributed by atoms with E-state index in [-0.39, 0.29) is 0 Å². The van der Waals surface area contributed by atoms with Crippen molar-refractivity contribution in [1.82, 2.24) is 0 Å². The van der Waals surface area contributed by atoms with Crippen molar-refractivity contribution < 1.29 is 0 Å². The molecular formula is C56H86. The van der Waals surface area contributed by atoms with E-state index in [2.05, 4.69) is 111 Å². The summed E-state index contributed by atoms with van der Waals surface area (Å²) in [4.78, 5) is 0. The van der Waals surface area contributed by atoms with Crippen molar-refractivity contribution in [2.45, 2.75) is 218 Å². The first-order valence-electron chi connectivity index (χ1n) is 24.7. The van der Waals surface area contributed by atoms with E-state index in [9.17, 15) is 0 Å². The molecule has 2 aliphatic carbocycles. The van der Waals surface area contributed by atoms with Crippen LogP contribution in [0.3, 0.4) is 0 Å². The summed E-state index contributed by atoms with van der Waals surface area (Å²) in [6.07, 6.45) is 61.9. The van der Waals surface area contributed by atoms with Gasteiger partial charge in [0.2, 0.25) is 0 Å². The van der Waals surface area contributed by atoms with Crippen LogP contribution in [0.4, 0.5) is 0 Å². The van der Waals surface area contributed by atoms with Gasteiger partial charge in [-0.05, 0) is 47.9 Å². The minimum Gasteiger partial charge on any atom is -0.0798 e. The fraction of sp³-hybridized carbons (Fsp3) is 0.643. The van der Waals surface area contributed by atoms with Gasteiger partial charge in [-0.25, -0.2) is 0 Å². The second kappa shape index (κ2) is 30.5. The van der Waals surface area contributed by atoms with E-state index < -0.39 is 0 Å². The summed E-state index contributed by atoms with van der Waals surface area (Å²) in [6, 6.07) is 19.0. The molecule has 0 radical (unpaired) electrons. The lowest BCUT2D eigenvalue weighted by molar-refractivity contribution is 0.535. The average molecular weight is 759 g/mol. The largest absolute Gasteiger partial charge is 0.0798 e. The van der Waals surface area contributed by atoms with E-state index in [0.717, 1.165) is 0 Å². The second-order valence-corrected chi connectivity index (χ2v) is 17.9. The molecule has 2 aromatic rings. The molecule has 310 valence electrons. The summed E-state index contributed by atoms with van der Waals surface area (Å²) in [6.45, 7) is 4.61. The maximum atomic E-state index is 2.44. The third-order valence-corrected chi connectivity index (χ3v) is 13.0. The van der Waals surface area contributed by atoms with Crippen LogP contribution >= 0.6 is 0 Å². The lowest BCUT2D eigenvalue weighted by Gasteiger charge is -2.24. The normalized spacial score (nSPS) is 19.0. The predicted octanol–water partition coefficient (Wildman–Crippen LogP) is 18.1. The summed E-state index contributed by atoms with van der Waals surface area (Å²) in [5, 5.41) is 0. The van der Waals surface area contributed by atoms with Gasteiger partial charge >= 0.3 is 0 Å². The number of rotatable bonds is 33. The van der Waals surface area contributed by atoms with E-state index in [1.54, 1.807) is 0 Å². The maximum absolute atomic E-state index is 2.44. The molecule has 0 N–H and O–H groups in total. The van der Waals surface area contributed by atoms with E-state index >= 15 is 0 Å². The van der Waals surface area contributed by atoms with Gasteiger partial charge < -0.3 is 0 Å². The second-order valence-electron chi connectivity index (χ2n) is 17.9. The Morgan fingerprint density at radius 1 is 0.268 bits per heavy atom. The molecule has 2 aliphatic rings. The Hall–Kier alpha value is -2.60. The van der Waals surface area contributed by atoms with Gasteiger partial charge in [-0.15, -0.1) is 0 Å². The first-order valence-corrected chi connectivity index (χ1v) is 24.7. The third-order valence-electron chi connectivity index (χ3n) is 13.0.